The molecule has 1 aliphatic rings. The molecule has 1 heterocycles. The van der Waals surface area contributed by atoms with E-state index in [0.717, 1.165) is 26.1 Å². The van der Waals surface area contributed by atoms with Crippen LogP contribution in [0.5, 0.6) is 0 Å². The number of hydrogen-bond donors (Lipinski definition) is 1. The van der Waals surface area contributed by atoms with Crippen LogP contribution in [-0.2, 0) is 0 Å². The molecule has 0 amide bonds. The fourth-order valence-electron chi connectivity index (χ4n) is 2.06. The Morgan fingerprint density at radius 2 is 2.31 bits per heavy atom. The SMILES string of the molecule is CC1CN(c2ccc(Cl)cc2F)CCCN1. The van der Waals surface area contributed by atoms with E-state index in [-0.39, 0.29) is 5.82 Å². The minimum absolute atomic E-state index is 0.235. The molecule has 1 saturated heterocycles. The van der Waals surface area contributed by atoms with Crippen LogP contribution in [0.2, 0.25) is 5.02 Å². The van der Waals surface area contributed by atoms with E-state index in [4.69, 9.17) is 11.6 Å². The number of benzene rings is 1. The normalized spacial score (nSPS) is 21.9. The zero-order valence-corrected chi connectivity index (χ0v) is 10.1. The maximum Gasteiger partial charge on any atom is 0.147 e. The van der Waals surface area contributed by atoms with E-state index in [1.807, 2.05) is 0 Å². The van der Waals surface area contributed by atoms with Gasteiger partial charge in [0.2, 0.25) is 0 Å². The summed E-state index contributed by atoms with van der Waals surface area (Å²) in [6.07, 6.45) is 1.03. The molecule has 0 radical (unpaired) electrons. The van der Waals surface area contributed by atoms with Gasteiger partial charge in [-0.2, -0.15) is 0 Å². The highest BCUT2D eigenvalue weighted by atomic mass is 35.5. The third-order valence-electron chi connectivity index (χ3n) is 2.84. The predicted molar refractivity (Wildman–Crippen MR) is 65.7 cm³/mol. The topological polar surface area (TPSA) is 15.3 Å². The van der Waals surface area contributed by atoms with Crippen LogP contribution < -0.4 is 10.2 Å². The van der Waals surface area contributed by atoms with Crippen LogP contribution >= 0.6 is 11.6 Å². The maximum atomic E-state index is 13.7. The molecule has 4 heteroatoms. The Balaban J connectivity index is 2.21. The number of halogens is 2. The Labute approximate surface area is 100 Å². The molecule has 1 atom stereocenters. The lowest BCUT2D eigenvalue weighted by Crippen LogP contribution is -2.35. The molecule has 0 aliphatic carbocycles. The first-order valence-electron chi connectivity index (χ1n) is 5.60. The van der Waals surface area contributed by atoms with Crippen molar-refractivity contribution in [2.75, 3.05) is 24.5 Å². The van der Waals surface area contributed by atoms with E-state index in [9.17, 15) is 4.39 Å². The van der Waals surface area contributed by atoms with Crippen molar-refractivity contribution in [1.29, 1.82) is 0 Å². The molecular formula is C12H16ClFN2. The first-order chi connectivity index (χ1) is 7.66. The molecular weight excluding hydrogens is 227 g/mol. The van der Waals surface area contributed by atoms with E-state index in [0.29, 0.717) is 16.8 Å². The van der Waals surface area contributed by atoms with E-state index in [2.05, 4.69) is 17.1 Å². The quantitative estimate of drug-likeness (QED) is 0.815. The van der Waals surface area contributed by atoms with Crippen LogP contribution in [0.3, 0.4) is 0 Å². The summed E-state index contributed by atoms with van der Waals surface area (Å²) in [6, 6.07) is 5.26. The summed E-state index contributed by atoms with van der Waals surface area (Å²) >= 11 is 5.75. The summed E-state index contributed by atoms with van der Waals surface area (Å²) in [7, 11) is 0. The van der Waals surface area contributed by atoms with Crippen molar-refractivity contribution < 1.29 is 4.39 Å². The summed E-state index contributed by atoms with van der Waals surface area (Å²) in [5.41, 5.74) is 0.653. The van der Waals surface area contributed by atoms with Crippen molar-refractivity contribution in [3.8, 4) is 0 Å². The zero-order valence-electron chi connectivity index (χ0n) is 9.34. The monoisotopic (exact) mass is 242 g/mol. The van der Waals surface area contributed by atoms with Crippen molar-refractivity contribution in [1.82, 2.24) is 5.32 Å². The zero-order chi connectivity index (χ0) is 11.5. The Kier molecular flexibility index (Phi) is 3.66. The molecule has 0 aromatic heterocycles. The molecule has 0 spiro atoms. The van der Waals surface area contributed by atoms with Gasteiger partial charge in [0.25, 0.3) is 0 Å². The fourth-order valence-corrected chi connectivity index (χ4v) is 2.22. The average molecular weight is 243 g/mol. The molecule has 1 aliphatic heterocycles. The molecule has 1 aromatic rings. The second kappa shape index (κ2) is 5.02. The highest BCUT2D eigenvalue weighted by molar-refractivity contribution is 6.30. The van der Waals surface area contributed by atoms with Gasteiger partial charge in [0.05, 0.1) is 5.69 Å². The number of nitrogens with one attached hydrogen (secondary N) is 1. The summed E-state index contributed by atoms with van der Waals surface area (Å²) in [5, 5.41) is 3.83. The molecule has 1 unspecified atom stereocenters. The third-order valence-corrected chi connectivity index (χ3v) is 3.08. The number of rotatable bonds is 1. The van der Waals surface area contributed by atoms with Gasteiger partial charge >= 0.3 is 0 Å². The van der Waals surface area contributed by atoms with Gasteiger partial charge < -0.3 is 10.2 Å². The number of anilines is 1. The highest BCUT2D eigenvalue weighted by Gasteiger charge is 2.17. The third kappa shape index (κ3) is 2.66. The Hall–Kier alpha value is -0.800. The summed E-state index contributed by atoms with van der Waals surface area (Å²) in [5.74, 6) is -0.235. The molecule has 0 saturated carbocycles. The van der Waals surface area contributed by atoms with Gasteiger partial charge in [-0.3, -0.25) is 0 Å². The van der Waals surface area contributed by atoms with Crippen molar-refractivity contribution in [2.45, 2.75) is 19.4 Å². The molecule has 1 aromatic carbocycles. The van der Waals surface area contributed by atoms with Gasteiger partial charge in [-0.15, -0.1) is 0 Å². The fraction of sp³-hybridized carbons (Fsp3) is 0.500. The minimum Gasteiger partial charge on any atom is -0.368 e. The minimum atomic E-state index is -0.235. The smallest absolute Gasteiger partial charge is 0.147 e. The lowest BCUT2D eigenvalue weighted by molar-refractivity contribution is 0.577. The van der Waals surface area contributed by atoms with E-state index < -0.39 is 0 Å². The number of nitrogens with zero attached hydrogens (tertiary/aromatic N) is 1. The van der Waals surface area contributed by atoms with E-state index in [1.54, 1.807) is 12.1 Å². The van der Waals surface area contributed by atoms with E-state index >= 15 is 0 Å². The average Bonchev–Trinajstić information content (AvgIpc) is 2.43. The number of hydrogen-bond acceptors (Lipinski definition) is 2. The Morgan fingerprint density at radius 1 is 1.50 bits per heavy atom. The Morgan fingerprint density at radius 3 is 3.06 bits per heavy atom. The van der Waals surface area contributed by atoms with Crippen molar-refractivity contribution in [3.05, 3.63) is 29.0 Å². The van der Waals surface area contributed by atoms with Gasteiger partial charge in [0.15, 0.2) is 0 Å². The van der Waals surface area contributed by atoms with Crippen LogP contribution in [0, 0.1) is 5.82 Å². The molecule has 16 heavy (non-hydrogen) atoms. The highest BCUT2D eigenvalue weighted by Crippen LogP contribution is 2.23. The summed E-state index contributed by atoms with van der Waals surface area (Å²) in [6.45, 7) is 4.83. The molecule has 88 valence electrons. The lowest BCUT2D eigenvalue weighted by Gasteiger charge is -2.25. The van der Waals surface area contributed by atoms with Crippen molar-refractivity contribution in [3.63, 3.8) is 0 Å². The second-order valence-electron chi connectivity index (χ2n) is 4.25. The van der Waals surface area contributed by atoms with Crippen LogP contribution in [0.25, 0.3) is 0 Å². The summed E-state index contributed by atoms with van der Waals surface area (Å²) in [4.78, 5) is 2.08. The molecule has 2 nitrogen and oxygen atoms in total. The standard InChI is InChI=1S/C12H16ClFN2/c1-9-8-16(6-2-5-15-9)12-4-3-10(13)7-11(12)14/h3-4,7,9,15H,2,5-6,8H2,1H3. The van der Waals surface area contributed by atoms with Gasteiger partial charge in [-0.1, -0.05) is 11.6 Å². The largest absolute Gasteiger partial charge is 0.368 e. The lowest BCUT2D eigenvalue weighted by atomic mass is 10.2. The van der Waals surface area contributed by atoms with Crippen LogP contribution in [0.1, 0.15) is 13.3 Å². The van der Waals surface area contributed by atoms with Crippen molar-refractivity contribution in [2.24, 2.45) is 0 Å². The van der Waals surface area contributed by atoms with Crippen LogP contribution in [-0.4, -0.2) is 25.7 Å². The van der Waals surface area contributed by atoms with Crippen molar-refractivity contribution >= 4 is 17.3 Å². The first kappa shape index (κ1) is 11.7. The van der Waals surface area contributed by atoms with Gasteiger partial charge in [-0.25, -0.2) is 4.39 Å². The Bertz CT molecular complexity index is 370. The predicted octanol–water partition coefficient (Wildman–Crippen LogP) is 2.67. The van der Waals surface area contributed by atoms with Gasteiger partial charge in [0, 0.05) is 24.2 Å². The van der Waals surface area contributed by atoms with Crippen LogP contribution in [0.4, 0.5) is 10.1 Å². The van der Waals surface area contributed by atoms with Gasteiger partial charge in [0.1, 0.15) is 5.82 Å². The van der Waals surface area contributed by atoms with Gasteiger partial charge in [-0.05, 0) is 38.1 Å². The second-order valence-corrected chi connectivity index (χ2v) is 4.69. The summed E-state index contributed by atoms with van der Waals surface area (Å²) < 4.78 is 13.7. The van der Waals surface area contributed by atoms with Crippen LogP contribution in [0.15, 0.2) is 18.2 Å². The molecule has 2 rings (SSSR count). The van der Waals surface area contributed by atoms with E-state index in [1.165, 1.54) is 6.07 Å². The molecule has 1 N–H and O–H groups in total. The molecule has 1 fully saturated rings. The maximum absolute atomic E-state index is 13.7. The first-order valence-corrected chi connectivity index (χ1v) is 5.98. The molecule has 0 bridgehead atoms.